The van der Waals surface area contributed by atoms with Crippen LogP contribution in [0.4, 0.5) is 0 Å². The molecule has 2 aromatic carbocycles. The smallest absolute Gasteiger partial charge is 0.203 e. The monoisotopic (exact) mass is 356 g/mol. The van der Waals surface area contributed by atoms with Crippen molar-refractivity contribution in [2.24, 2.45) is 0 Å². The van der Waals surface area contributed by atoms with Crippen LogP contribution in [0.15, 0.2) is 42.5 Å². The predicted octanol–water partition coefficient (Wildman–Crippen LogP) is 4.40. The Labute approximate surface area is 154 Å². The van der Waals surface area contributed by atoms with E-state index in [0.717, 1.165) is 17.7 Å². The first kappa shape index (κ1) is 19.4. The number of hydrogen-bond donors (Lipinski definition) is 0. The average Bonchev–Trinajstić information content (AvgIpc) is 2.69. The van der Waals surface area contributed by atoms with Gasteiger partial charge < -0.3 is 18.9 Å². The van der Waals surface area contributed by atoms with Crippen LogP contribution in [0.1, 0.15) is 29.3 Å². The first-order valence-corrected chi connectivity index (χ1v) is 8.38. The molecule has 0 saturated carbocycles. The Bertz CT molecular complexity index is 763. The van der Waals surface area contributed by atoms with E-state index in [2.05, 4.69) is 0 Å². The number of carbonyl (C=O) groups is 1. The van der Waals surface area contributed by atoms with Gasteiger partial charge in [0.2, 0.25) is 5.75 Å². The van der Waals surface area contributed by atoms with E-state index in [4.69, 9.17) is 18.9 Å². The Balaban J connectivity index is 2.19. The van der Waals surface area contributed by atoms with Gasteiger partial charge in [-0.1, -0.05) is 6.92 Å². The summed E-state index contributed by atoms with van der Waals surface area (Å²) in [5.74, 6) is 2.22. The molecule has 0 unspecified atom stereocenters. The number of ketones is 1. The number of methoxy groups -OCH3 is 3. The lowest BCUT2D eigenvalue weighted by molar-refractivity contribution is 0.104. The first-order chi connectivity index (χ1) is 12.6. The predicted molar refractivity (Wildman–Crippen MR) is 102 cm³/mol. The van der Waals surface area contributed by atoms with Crippen molar-refractivity contribution in [1.82, 2.24) is 0 Å². The van der Waals surface area contributed by atoms with Crippen molar-refractivity contribution >= 4 is 11.9 Å². The molecule has 0 aliphatic carbocycles. The lowest BCUT2D eigenvalue weighted by Crippen LogP contribution is -1.98. The van der Waals surface area contributed by atoms with E-state index in [1.807, 2.05) is 13.0 Å². The standard InChI is InChI=1S/C21H24O5/c1-5-14-26-17-10-6-15(7-11-17)18(22)12-8-16-9-13-19(23-2)21(25-4)20(16)24-3/h6-13H,5,14H2,1-4H3/b12-8+. The molecular formula is C21H24O5. The summed E-state index contributed by atoms with van der Waals surface area (Å²) in [6.07, 6.45) is 4.15. The van der Waals surface area contributed by atoms with Crippen LogP contribution in [0.25, 0.3) is 6.08 Å². The minimum absolute atomic E-state index is 0.108. The zero-order valence-electron chi connectivity index (χ0n) is 15.6. The molecule has 0 aliphatic rings. The van der Waals surface area contributed by atoms with Crippen LogP contribution in [-0.2, 0) is 0 Å². The maximum atomic E-state index is 12.4. The zero-order valence-corrected chi connectivity index (χ0v) is 15.6. The van der Waals surface area contributed by atoms with Crippen LogP contribution in [0, 0.1) is 0 Å². The van der Waals surface area contributed by atoms with Crippen LogP contribution in [0.5, 0.6) is 23.0 Å². The average molecular weight is 356 g/mol. The van der Waals surface area contributed by atoms with E-state index >= 15 is 0 Å². The third-order valence-electron chi connectivity index (χ3n) is 3.76. The van der Waals surface area contributed by atoms with E-state index in [0.29, 0.717) is 29.4 Å². The van der Waals surface area contributed by atoms with Crippen LogP contribution in [0.2, 0.25) is 0 Å². The summed E-state index contributed by atoms with van der Waals surface area (Å²) in [4.78, 5) is 12.4. The maximum Gasteiger partial charge on any atom is 0.203 e. The normalized spacial score (nSPS) is 10.6. The summed E-state index contributed by atoms with van der Waals surface area (Å²) < 4.78 is 21.6. The summed E-state index contributed by atoms with van der Waals surface area (Å²) in [6.45, 7) is 2.71. The van der Waals surface area contributed by atoms with E-state index in [1.54, 1.807) is 57.7 Å². The number of hydrogen-bond acceptors (Lipinski definition) is 5. The highest BCUT2D eigenvalue weighted by molar-refractivity contribution is 6.07. The number of benzene rings is 2. The molecular weight excluding hydrogens is 332 g/mol. The van der Waals surface area contributed by atoms with Crippen LogP contribution in [-0.4, -0.2) is 33.7 Å². The van der Waals surface area contributed by atoms with Gasteiger partial charge in [0.25, 0.3) is 0 Å². The summed E-state index contributed by atoms with van der Waals surface area (Å²) in [5.41, 5.74) is 1.31. The van der Waals surface area contributed by atoms with E-state index in [-0.39, 0.29) is 5.78 Å². The van der Waals surface area contributed by atoms with Gasteiger partial charge in [-0.2, -0.15) is 0 Å². The van der Waals surface area contributed by atoms with Gasteiger partial charge in [-0.15, -0.1) is 0 Å². The minimum Gasteiger partial charge on any atom is -0.494 e. The first-order valence-electron chi connectivity index (χ1n) is 8.38. The molecule has 138 valence electrons. The Hall–Kier alpha value is -2.95. The minimum atomic E-state index is -0.108. The Morgan fingerprint density at radius 1 is 0.923 bits per heavy atom. The second-order valence-electron chi connectivity index (χ2n) is 5.49. The third kappa shape index (κ3) is 4.57. The van der Waals surface area contributed by atoms with Crippen molar-refractivity contribution in [2.45, 2.75) is 13.3 Å². The fourth-order valence-electron chi connectivity index (χ4n) is 2.45. The molecule has 0 bridgehead atoms. The largest absolute Gasteiger partial charge is 0.494 e. The summed E-state index contributed by atoms with van der Waals surface area (Å²) in [7, 11) is 4.65. The molecule has 26 heavy (non-hydrogen) atoms. The molecule has 0 spiro atoms. The number of carbonyl (C=O) groups excluding carboxylic acids is 1. The van der Waals surface area contributed by atoms with E-state index in [1.165, 1.54) is 6.08 Å². The van der Waals surface area contributed by atoms with Crippen molar-refractivity contribution in [1.29, 1.82) is 0 Å². The quantitative estimate of drug-likeness (QED) is 0.492. The molecule has 0 atom stereocenters. The molecule has 0 radical (unpaired) electrons. The topological polar surface area (TPSA) is 54.0 Å². The second kappa shape index (κ2) is 9.51. The van der Waals surface area contributed by atoms with Crippen molar-refractivity contribution in [3.63, 3.8) is 0 Å². The molecule has 5 heteroatoms. The van der Waals surface area contributed by atoms with Crippen molar-refractivity contribution in [3.8, 4) is 23.0 Å². The number of ether oxygens (including phenoxy) is 4. The molecule has 0 aromatic heterocycles. The van der Waals surface area contributed by atoms with Crippen LogP contribution in [0.3, 0.4) is 0 Å². The van der Waals surface area contributed by atoms with E-state index in [9.17, 15) is 4.79 Å². The molecule has 0 heterocycles. The molecule has 0 saturated heterocycles. The fraction of sp³-hybridized carbons (Fsp3) is 0.286. The van der Waals surface area contributed by atoms with Gasteiger partial charge in [0.05, 0.1) is 27.9 Å². The molecule has 0 fully saturated rings. The lowest BCUT2D eigenvalue weighted by Gasteiger charge is -2.13. The van der Waals surface area contributed by atoms with Crippen LogP contribution >= 0.6 is 0 Å². The highest BCUT2D eigenvalue weighted by atomic mass is 16.5. The van der Waals surface area contributed by atoms with Crippen molar-refractivity contribution < 1.29 is 23.7 Å². The summed E-state index contributed by atoms with van der Waals surface area (Å²) in [5, 5.41) is 0. The van der Waals surface area contributed by atoms with Gasteiger partial charge >= 0.3 is 0 Å². The molecule has 2 aromatic rings. The second-order valence-corrected chi connectivity index (χ2v) is 5.49. The van der Waals surface area contributed by atoms with Gasteiger partial charge in [0.15, 0.2) is 17.3 Å². The highest BCUT2D eigenvalue weighted by Crippen LogP contribution is 2.40. The molecule has 5 nitrogen and oxygen atoms in total. The van der Waals surface area contributed by atoms with Gasteiger partial charge in [0.1, 0.15) is 5.75 Å². The van der Waals surface area contributed by atoms with Crippen LogP contribution < -0.4 is 18.9 Å². The summed E-state index contributed by atoms with van der Waals surface area (Å²) in [6, 6.07) is 10.7. The SMILES string of the molecule is CCCOc1ccc(C(=O)/C=C/c2ccc(OC)c(OC)c2OC)cc1. The van der Waals surface area contributed by atoms with Crippen molar-refractivity contribution in [2.75, 3.05) is 27.9 Å². The molecule has 2 rings (SSSR count). The molecule has 0 aliphatic heterocycles. The maximum absolute atomic E-state index is 12.4. The Kier molecular flexibility index (Phi) is 7.09. The Morgan fingerprint density at radius 2 is 1.62 bits per heavy atom. The highest BCUT2D eigenvalue weighted by Gasteiger charge is 2.14. The summed E-state index contributed by atoms with van der Waals surface area (Å²) >= 11 is 0. The van der Waals surface area contributed by atoms with Gasteiger partial charge in [-0.05, 0) is 55.0 Å². The van der Waals surface area contributed by atoms with Gasteiger partial charge in [-0.3, -0.25) is 4.79 Å². The fourth-order valence-corrected chi connectivity index (χ4v) is 2.45. The zero-order chi connectivity index (χ0) is 18.9. The lowest BCUT2D eigenvalue weighted by atomic mass is 10.1. The Morgan fingerprint density at radius 3 is 2.19 bits per heavy atom. The molecule has 0 N–H and O–H groups in total. The third-order valence-corrected chi connectivity index (χ3v) is 3.76. The van der Waals surface area contributed by atoms with Gasteiger partial charge in [-0.25, -0.2) is 0 Å². The number of rotatable bonds is 9. The van der Waals surface area contributed by atoms with E-state index < -0.39 is 0 Å². The van der Waals surface area contributed by atoms with Gasteiger partial charge in [0, 0.05) is 11.1 Å². The molecule has 0 amide bonds. The van der Waals surface area contributed by atoms with Crippen molar-refractivity contribution in [3.05, 3.63) is 53.6 Å². The number of allylic oxidation sites excluding steroid dienone is 1.